The van der Waals surface area contributed by atoms with Gasteiger partial charge in [-0.1, -0.05) is 23.1 Å². The number of H-pyrrole nitrogens is 1. The summed E-state index contributed by atoms with van der Waals surface area (Å²) in [5.41, 5.74) is 0.466. The van der Waals surface area contributed by atoms with Crippen LogP contribution in [0.3, 0.4) is 0 Å². The van der Waals surface area contributed by atoms with Gasteiger partial charge in [0.2, 0.25) is 5.01 Å². The van der Waals surface area contributed by atoms with E-state index in [9.17, 15) is 9.59 Å². The monoisotopic (exact) mass is 404 g/mol. The van der Waals surface area contributed by atoms with E-state index in [-0.39, 0.29) is 22.6 Å². The number of hydrogen-bond acceptors (Lipinski definition) is 8. The van der Waals surface area contributed by atoms with Gasteiger partial charge < -0.3 is 10.1 Å². The van der Waals surface area contributed by atoms with Crippen LogP contribution in [-0.2, 0) is 5.75 Å². The fourth-order valence-corrected chi connectivity index (χ4v) is 4.17. The molecule has 1 fully saturated rings. The van der Waals surface area contributed by atoms with Crippen LogP contribution in [0.5, 0.6) is 5.75 Å². The fraction of sp³-hybridized carbons (Fsp3) is 0.312. The van der Waals surface area contributed by atoms with Crippen molar-refractivity contribution in [2.24, 2.45) is 0 Å². The Morgan fingerprint density at radius 1 is 1.37 bits per heavy atom. The van der Waals surface area contributed by atoms with Gasteiger partial charge in [0.05, 0.1) is 12.9 Å². The first-order valence-corrected chi connectivity index (χ1v) is 10.0. The number of rotatable bonds is 7. The molecule has 2 N–H and O–H groups in total. The number of nitrogens with one attached hydrogen (secondary N) is 2. The highest BCUT2D eigenvalue weighted by Crippen LogP contribution is 2.36. The van der Waals surface area contributed by atoms with E-state index in [0.717, 1.165) is 12.8 Å². The van der Waals surface area contributed by atoms with Crippen LogP contribution in [0.4, 0.5) is 5.69 Å². The zero-order valence-corrected chi connectivity index (χ0v) is 16.0. The van der Waals surface area contributed by atoms with Gasteiger partial charge in [-0.2, -0.15) is 0 Å². The number of aromatic nitrogens is 5. The molecule has 2 aromatic heterocycles. The van der Waals surface area contributed by atoms with Crippen molar-refractivity contribution in [2.45, 2.75) is 29.8 Å². The Balaban J connectivity index is 1.38. The Bertz CT molecular complexity index is 1010. The van der Waals surface area contributed by atoms with Crippen LogP contribution in [0.2, 0.25) is 0 Å². The molecule has 1 aromatic carbocycles. The first kappa shape index (κ1) is 17.7. The molecule has 11 heteroatoms. The summed E-state index contributed by atoms with van der Waals surface area (Å²) in [6.45, 7) is 0. The Labute approximate surface area is 162 Å². The van der Waals surface area contributed by atoms with E-state index < -0.39 is 0 Å². The zero-order chi connectivity index (χ0) is 18.8. The first-order valence-electron chi connectivity index (χ1n) is 8.21. The molecular weight excluding hydrogens is 388 g/mol. The molecule has 4 rings (SSSR count). The van der Waals surface area contributed by atoms with Crippen molar-refractivity contribution >= 4 is 34.7 Å². The van der Waals surface area contributed by atoms with Gasteiger partial charge in [0.15, 0.2) is 5.16 Å². The molecule has 0 radical (unpaired) electrons. The van der Waals surface area contributed by atoms with Gasteiger partial charge in [-0.25, -0.2) is 9.89 Å². The Kier molecular flexibility index (Phi) is 4.94. The highest BCUT2D eigenvalue weighted by molar-refractivity contribution is 7.98. The number of amides is 1. The van der Waals surface area contributed by atoms with Crippen LogP contribution < -0.4 is 15.7 Å². The number of carbonyl (C=O) groups is 1. The predicted molar refractivity (Wildman–Crippen MR) is 102 cm³/mol. The van der Waals surface area contributed by atoms with E-state index in [4.69, 9.17) is 4.74 Å². The van der Waals surface area contributed by atoms with Crippen molar-refractivity contribution in [3.05, 3.63) is 44.8 Å². The summed E-state index contributed by atoms with van der Waals surface area (Å²) in [7, 11) is 1.58. The van der Waals surface area contributed by atoms with Gasteiger partial charge in [-0.3, -0.25) is 9.36 Å². The van der Waals surface area contributed by atoms with Crippen LogP contribution in [0.1, 0.15) is 33.7 Å². The third-order valence-corrected chi connectivity index (χ3v) is 5.99. The van der Waals surface area contributed by atoms with Crippen LogP contribution in [0.25, 0.3) is 0 Å². The largest absolute Gasteiger partial charge is 0.497 e. The van der Waals surface area contributed by atoms with E-state index in [0.29, 0.717) is 27.4 Å². The van der Waals surface area contributed by atoms with Gasteiger partial charge in [-0.15, -0.1) is 15.3 Å². The summed E-state index contributed by atoms with van der Waals surface area (Å²) in [5.74, 6) is 0.889. The standard InChI is InChI=1S/C16H16N6O3S2/c1-25-11-6-2-9(3-7-11)17-13(23)14-19-18-12(27-14)8-26-16-21-20-15(24)22(16)10-4-5-10/h2-3,6-7,10H,4-5,8H2,1H3,(H,17,23)(H,20,24). The minimum absolute atomic E-state index is 0.183. The lowest BCUT2D eigenvalue weighted by molar-refractivity contribution is 0.102. The molecule has 9 nitrogen and oxygen atoms in total. The molecule has 0 bridgehead atoms. The second kappa shape index (κ2) is 7.53. The molecule has 27 heavy (non-hydrogen) atoms. The average molecular weight is 404 g/mol. The summed E-state index contributed by atoms with van der Waals surface area (Å²) < 4.78 is 6.77. The maximum Gasteiger partial charge on any atom is 0.344 e. The number of carbonyl (C=O) groups excluding carboxylic acids is 1. The SMILES string of the molecule is COc1ccc(NC(=O)c2nnc(CSc3n[nH]c(=O)n3C3CC3)s2)cc1. The number of thioether (sulfide) groups is 1. The van der Waals surface area contributed by atoms with Gasteiger partial charge in [0, 0.05) is 11.7 Å². The molecule has 1 aliphatic rings. The molecule has 3 aromatic rings. The molecule has 2 heterocycles. The topological polar surface area (TPSA) is 115 Å². The molecule has 1 amide bonds. The zero-order valence-electron chi connectivity index (χ0n) is 14.3. The lowest BCUT2D eigenvalue weighted by Gasteiger charge is -2.04. The number of aromatic amines is 1. The number of benzene rings is 1. The van der Waals surface area contributed by atoms with Crippen LogP contribution >= 0.6 is 23.1 Å². The molecule has 0 aliphatic heterocycles. The summed E-state index contributed by atoms with van der Waals surface area (Å²) in [5, 5.41) is 18.9. The summed E-state index contributed by atoms with van der Waals surface area (Å²) in [6.07, 6.45) is 2.00. The van der Waals surface area contributed by atoms with Crippen molar-refractivity contribution in [3.63, 3.8) is 0 Å². The normalized spacial score (nSPS) is 13.5. The van der Waals surface area contributed by atoms with E-state index >= 15 is 0 Å². The molecule has 1 aliphatic carbocycles. The predicted octanol–water partition coefficient (Wildman–Crippen LogP) is 2.31. The average Bonchev–Trinajstić information content (AvgIpc) is 3.27. The van der Waals surface area contributed by atoms with Crippen molar-refractivity contribution in [1.29, 1.82) is 0 Å². The van der Waals surface area contributed by atoms with Gasteiger partial charge in [0.1, 0.15) is 10.8 Å². The maximum absolute atomic E-state index is 12.3. The smallest absolute Gasteiger partial charge is 0.344 e. The van der Waals surface area contributed by atoms with Crippen LogP contribution in [0, 0.1) is 0 Å². The third-order valence-electron chi connectivity index (χ3n) is 3.92. The molecule has 140 valence electrons. The Morgan fingerprint density at radius 2 is 2.15 bits per heavy atom. The molecule has 0 unspecified atom stereocenters. The van der Waals surface area contributed by atoms with Gasteiger partial charge >= 0.3 is 5.69 Å². The minimum Gasteiger partial charge on any atom is -0.497 e. The van der Waals surface area contributed by atoms with Crippen LogP contribution in [-0.4, -0.2) is 38.0 Å². The Morgan fingerprint density at radius 3 is 2.85 bits per heavy atom. The third kappa shape index (κ3) is 4.03. The lowest BCUT2D eigenvalue weighted by Crippen LogP contribution is -2.16. The molecule has 0 saturated heterocycles. The maximum atomic E-state index is 12.3. The molecule has 1 saturated carbocycles. The van der Waals surface area contributed by atoms with Crippen molar-refractivity contribution in [3.8, 4) is 5.75 Å². The molecule has 0 atom stereocenters. The fourth-order valence-electron chi connectivity index (χ4n) is 2.44. The number of ether oxygens (including phenoxy) is 1. The van der Waals surface area contributed by atoms with Crippen molar-refractivity contribution in [2.75, 3.05) is 12.4 Å². The van der Waals surface area contributed by atoms with Crippen LogP contribution in [0.15, 0.2) is 34.2 Å². The van der Waals surface area contributed by atoms with Gasteiger partial charge in [0.25, 0.3) is 5.91 Å². The minimum atomic E-state index is -0.316. The number of nitrogens with zero attached hydrogens (tertiary/aromatic N) is 4. The molecule has 0 spiro atoms. The highest BCUT2D eigenvalue weighted by Gasteiger charge is 2.28. The highest BCUT2D eigenvalue weighted by atomic mass is 32.2. The van der Waals surface area contributed by atoms with Crippen molar-refractivity contribution in [1.82, 2.24) is 25.0 Å². The summed E-state index contributed by atoms with van der Waals surface area (Å²) in [6, 6.07) is 7.29. The molecular formula is C16H16N6O3S2. The van der Waals surface area contributed by atoms with E-state index in [1.54, 1.807) is 35.9 Å². The second-order valence-corrected chi connectivity index (χ2v) is 7.89. The quantitative estimate of drug-likeness (QED) is 0.581. The first-order chi connectivity index (χ1) is 13.1. The lowest BCUT2D eigenvalue weighted by atomic mass is 10.3. The summed E-state index contributed by atoms with van der Waals surface area (Å²) >= 11 is 2.62. The van der Waals surface area contributed by atoms with Crippen molar-refractivity contribution < 1.29 is 9.53 Å². The summed E-state index contributed by atoms with van der Waals surface area (Å²) in [4.78, 5) is 24.1. The number of hydrogen-bond donors (Lipinski definition) is 2. The number of methoxy groups -OCH3 is 1. The van der Waals surface area contributed by atoms with Gasteiger partial charge in [-0.05, 0) is 37.1 Å². The van der Waals surface area contributed by atoms with E-state index in [1.807, 2.05) is 0 Å². The van der Waals surface area contributed by atoms with E-state index in [2.05, 4.69) is 25.7 Å². The Hall–Kier alpha value is -2.66. The van der Waals surface area contributed by atoms with E-state index in [1.165, 1.54) is 23.1 Å². The number of anilines is 1. The second-order valence-electron chi connectivity index (χ2n) is 5.88.